The van der Waals surface area contributed by atoms with E-state index in [-0.39, 0.29) is 36.9 Å². The van der Waals surface area contributed by atoms with Crippen molar-refractivity contribution in [1.82, 2.24) is 24.6 Å². The zero-order valence-electron chi connectivity index (χ0n) is 24.2. The van der Waals surface area contributed by atoms with E-state index >= 15 is 0 Å². The predicted molar refractivity (Wildman–Crippen MR) is 166 cm³/mol. The summed E-state index contributed by atoms with van der Waals surface area (Å²) in [7, 11) is 1.75. The van der Waals surface area contributed by atoms with Crippen LogP contribution >= 0.6 is 6.64 Å². The van der Waals surface area contributed by atoms with Gasteiger partial charge in [-0.15, -0.1) is 0 Å². The number of hydrogen-bond donors (Lipinski definition) is 3. The number of hydrogen-bond acceptors (Lipinski definition) is 11. The van der Waals surface area contributed by atoms with Gasteiger partial charge in [0.25, 0.3) is 0 Å². The van der Waals surface area contributed by atoms with Gasteiger partial charge in [0.05, 0.1) is 25.1 Å². The van der Waals surface area contributed by atoms with Crippen molar-refractivity contribution in [2.45, 2.75) is 58.6 Å². The Hall–Kier alpha value is -3.35. The highest BCUT2D eigenvalue weighted by Gasteiger charge is 2.37. The van der Waals surface area contributed by atoms with Crippen LogP contribution in [0, 0.1) is 5.92 Å². The second-order valence-electron chi connectivity index (χ2n) is 10.6. The van der Waals surface area contributed by atoms with E-state index in [0.717, 1.165) is 10.8 Å². The molecule has 2 aromatic heterocycles. The van der Waals surface area contributed by atoms with E-state index in [2.05, 4.69) is 32.3 Å². The molecular weight excluding hydrogens is 577 g/mol. The zero-order valence-corrected chi connectivity index (χ0v) is 25.9. The van der Waals surface area contributed by atoms with Crippen molar-refractivity contribution in [2.24, 2.45) is 5.92 Å². The Morgan fingerprint density at radius 2 is 1.98 bits per heavy atom. The lowest BCUT2D eigenvalue weighted by Crippen LogP contribution is -2.36. The van der Waals surface area contributed by atoms with Gasteiger partial charge in [-0.1, -0.05) is 43.3 Å². The van der Waals surface area contributed by atoms with Crippen LogP contribution < -0.4 is 20.7 Å². The van der Waals surface area contributed by atoms with Gasteiger partial charge in [0, 0.05) is 18.4 Å². The summed E-state index contributed by atoms with van der Waals surface area (Å²) in [6.07, 6.45) is 1.45. The first-order valence-electron chi connectivity index (χ1n) is 13.8. The van der Waals surface area contributed by atoms with Crippen molar-refractivity contribution in [1.29, 1.82) is 0 Å². The average molecular weight is 614 g/mol. The quantitative estimate of drug-likeness (QED) is 0.158. The summed E-state index contributed by atoms with van der Waals surface area (Å²) in [5, 5.41) is 8.02. The fourth-order valence-corrected chi connectivity index (χ4v) is 7.40. The maximum atomic E-state index is 12.7. The molecule has 2 aromatic carbocycles. The largest absolute Gasteiger partial charge is 0.462 e. The molecule has 14 heteroatoms. The Kier molecular flexibility index (Phi) is 8.95. The number of aromatic nitrogens is 4. The Bertz CT molecular complexity index is 1630. The van der Waals surface area contributed by atoms with Gasteiger partial charge in [-0.3, -0.25) is 9.36 Å². The number of nitrogens with two attached hydrogens (primary N) is 1. The number of fused-ring (bicyclic) bond motifs is 2. The number of carbonyl (C=O) groups excluding carboxylic acids is 1. The van der Waals surface area contributed by atoms with E-state index in [1.807, 2.05) is 47.0 Å². The number of benzene rings is 2. The van der Waals surface area contributed by atoms with Crippen LogP contribution in [0.5, 0.6) is 5.75 Å². The molecule has 4 aromatic rings. The second kappa shape index (κ2) is 12.5. The second-order valence-corrected chi connectivity index (χ2v) is 13.7. The molecule has 1 fully saturated rings. The van der Waals surface area contributed by atoms with Crippen LogP contribution in [-0.4, -0.2) is 57.4 Å². The normalized spacial score (nSPS) is 21.0. The summed E-state index contributed by atoms with van der Waals surface area (Å²) < 4.78 is 26.4. The fraction of sp³-hybridized carbons (Fsp3) is 0.429. The van der Waals surface area contributed by atoms with E-state index in [1.54, 1.807) is 34.1 Å². The smallest absolute Gasteiger partial charge is 0.323 e. The summed E-state index contributed by atoms with van der Waals surface area (Å²) in [6.45, 7) is 4.24. The molecule has 1 aliphatic rings. The van der Waals surface area contributed by atoms with Crippen LogP contribution in [0.3, 0.4) is 0 Å². The summed E-state index contributed by atoms with van der Waals surface area (Å²) in [4.78, 5) is 25.8. The first kappa shape index (κ1) is 30.1. The van der Waals surface area contributed by atoms with Crippen molar-refractivity contribution < 1.29 is 23.3 Å². The third kappa shape index (κ3) is 6.50. The molecule has 1 unspecified atom stereocenters. The topological polar surface area (TPSA) is 148 Å². The van der Waals surface area contributed by atoms with E-state index in [0.29, 0.717) is 29.2 Å². The maximum Gasteiger partial charge on any atom is 0.323 e. The maximum absolute atomic E-state index is 12.7. The highest BCUT2D eigenvalue weighted by atomic mass is 32.5. The molecule has 5 atom stereocenters. The number of esters is 1. The summed E-state index contributed by atoms with van der Waals surface area (Å²) >= 11 is 5.97. The lowest BCUT2D eigenvalue weighted by molar-refractivity contribution is -0.149. The third-order valence-electron chi connectivity index (χ3n) is 6.86. The van der Waals surface area contributed by atoms with Crippen molar-refractivity contribution in [3.63, 3.8) is 0 Å². The third-order valence-corrected chi connectivity index (χ3v) is 9.34. The predicted octanol–water partition coefficient (Wildman–Crippen LogP) is 4.78. The van der Waals surface area contributed by atoms with E-state index in [4.69, 9.17) is 36.1 Å². The molecule has 4 N–H and O–H groups in total. The van der Waals surface area contributed by atoms with Crippen LogP contribution in [0.2, 0.25) is 0 Å². The van der Waals surface area contributed by atoms with E-state index in [1.165, 1.54) is 0 Å². The van der Waals surface area contributed by atoms with Crippen LogP contribution in [0.15, 0.2) is 48.8 Å². The Labute approximate surface area is 249 Å². The number of nitrogen functional groups attached to an aromatic ring is 1. The molecule has 1 aliphatic heterocycles. The molecule has 12 nitrogen and oxygen atoms in total. The number of anilines is 2. The molecule has 42 heavy (non-hydrogen) atoms. The molecule has 0 bridgehead atoms. The van der Waals surface area contributed by atoms with Crippen molar-refractivity contribution in [3.05, 3.63) is 48.8 Å². The highest BCUT2D eigenvalue weighted by Crippen LogP contribution is 2.48. The Morgan fingerprint density at radius 1 is 1.21 bits per heavy atom. The van der Waals surface area contributed by atoms with Gasteiger partial charge in [0.1, 0.15) is 18.0 Å². The number of rotatable bonds is 11. The highest BCUT2D eigenvalue weighted by molar-refractivity contribution is 8.09. The molecular formula is C28H36N7O5PS. The molecule has 0 amide bonds. The van der Waals surface area contributed by atoms with Crippen LogP contribution in [-0.2, 0) is 30.6 Å². The first-order valence-corrected chi connectivity index (χ1v) is 16.4. The summed E-state index contributed by atoms with van der Waals surface area (Å²) in [5.74, 6) is 0.916. The minimum atomic E-state index is -3.27. The molecule has 1 saturated heterocycles. The average Bonchev–Trinajstić information content (AvgIpc) is 3.53. The van der Waals surface area contributed by atoms with Gasteiger partial charge >= 0.3 is 12.6 Å². The zero-order chi connectivity index (χ0) is 30.0. The Balaban J connectivity index is 1.36. The van der Waals surface area contributed by atoms with Crippen LogP contribution in [0.1, 0.15) is 40.3 Å². The molecule has 5 rings (SSSR count). The SMILES string of the molecule is CNc1nc(N)nc2c1ncn2[C@@H]1O[C@H](COP(=S)(N[C@@H](C)C(=O)OC(C)C)Oc2cccc3ccccc23)C[C@@H]1C. The van der Waals surface area contributed by atoms with Crippen molar-refractivity contribution in [2.75, 3.05) is 24.7 Å². The van der Waals surface area contributed by atoms with Crippen molar-refractivity contribution >= 4 is 58.1 Å². The molecule has 224 valence electrons. The minimum Gasteiger partial charge on any atom is -0.462 e. The Morgan fingerprint density at radius 3 is 2.74 bits per heavy atom. The first-order chi connectivity index (χ1) is 20.1. The van der Waals surface area contributed by atoms with E-state index < -0.39 is 18.7 Å². The molecule has 0 aliphatic carbocycles. The van der Waals surface area contributed by atoms with Gasteiger partial charge in [-0.25, -0.2) is 10.1 Å². The van der Waals surface area contributed by atoms with Gasteiger partial charge < -0.3 is 29.6 Å². The number of carbonyl (C=O) groups is 1. The molecule has 3 heterocycles. The fourth-order valence-electron chi connectivity index (χ4n) is 4.96. The van der Waals surface area contributed by atoms with Gasteiger partial charge in [-0.05, 0) is 50.5 Å². The number of imidazole rings is 1. The number of nitrogens with one attached hydrogen (secondary N) is 2. The minimum absolute atomic E-state index is 0.106. The number of ether oxygens (including phenoxy) is 2. The summed E-state index contributed by atoms with van der Waals surface area (Å²) in [5.41, 5.74) is 7.13. The monoisotopic (exact) mass is 613 g/mol. The lowest BCUT2D eigenvalue weighted by Gasteiger charge is -2.28. The standard InChI is InChI=1S/C28H36N7O5PS/c1-16(2)38-27(36)18(4)34-41(42,40-22-12-8-10-19-9-6-7-11-21(19)22)37-14-20-13-17(3)26(39-20)35-15-31-23-24(30-5)32-28(29)33-25(23)35/h6-12,15-18,20,26H,13-14H2,1-5H3,(H,34,42)(H3,29,30,32,33)/t17-,18-,20-,26+,41?/m0/s1. The van der Waals surface area contributed by atoms with Crippen molar-refractivity contribution in [3.8, 4) is 5.75 Å². The van der Waals surface area contributed by atoms with Crippen LogP contribution in [0.25, 0.3) is 21.9 Å². The molecule has 0 spiro atoms. The molecule has 0 saturated carbocycles. The van der Waals surface area contributed by atoms with Gasteiger partial charge in [0.15, 0.2) is 17.0 Å². The van der Waals surface area contributed by atoms with Gasteiger partial charge in [0.2, 0.25) is 5.95 Å². The van der Waals surface area contributed by atoms with Crippen LogP contribution in [0.4, 0.5) is 11.8 Å². The lowest BCUT2D eigenvalue weighted by atomic mass is 10.1. The number of nitrogens with zero attached hydrogens (tertiary/aromatic N) is 4. The van der Waals surface area contributed by atoms with E-state index in [9.17, 15) is 4.79 Å². The summed E-state index contributed by atoms with van der Waals surface area (Å²) in [6, 6.07) is 12.8. The van der Waals surface area contributed by atoms with Gasteiger partial charge in [-0.2, -0.15) is 9.97 Å². The molecule has 0 radical (unpaired) electrons.